The maximum Gasteiger partial charge on any atom is 0.240 e. The van der Waals surface area contributed by atoms with Crippen molar-refractivity contribution in [3.8, 4) is 0 Å². The molecule has 1 amide bonds. The molecule has 3 aromatic carbocycles. The molecule has 6 nitrogen and oxygen atoms in total. The van der Waals surface area contributed by atoms with Gasteiger partial charge in [0.15, 0.2) is 0 Å². The fourth-order valence-corrected chi connectivity index (χ4v) is 5.73. The molecular formula is C32H40Cl2FN5O. The number of anilines is 1. The number of para-hydroxylation sites is 1. The molecule has 220 valence electrons. The Morgan fingerprint density at radius 2 is 1.63 bits per heavy atom. The highest BCUT2D eigenvalue weighted by Crippen LogP contribution is 2.25. The number of benzene rings is 3. The lowest BCUT2D eigenvalue weighted by Gasteiger charge is -2.38. The summed E-state index contributed by atoms with van der Waals surface area (Å²) in [4.78, 5) is 18.0. The number of carbonyl (C=O) groups excluding carboxylic acids is 1. The summed E-state index contributed by atoms with van der Waals surface area (Å²) in [5, 5.41) is 8.00. The number of carbonyl (C=O) groups is 1. The van der Waals surface area contributed by atoms with Crippen LogP contribution in [0.4, 0.5) is 10.1 Å². The van der Waals surface area contributed by atoms with E-state index < -0.39 is 0 Å². The van der Waals surface area contributed by atoms with E-state index in [9.17, 15) is 9.18 Å². The van der Waals surface area contributed by atoms with E-state index in [-0.39, 0.29) is 23.8 Å². The highest BCUT2D eigenvalue weighted by molar-refractivity contribution is 6.35. The summed E-state index contributed by atoms with van der Waals surface area (Å²) in [7, 11) is 0. The lowest BCUT2D eigenvalue weighted by molar-refractivity contribution is -0.133. The second-order valence-electron chi connectivity index (χ2n) is 10.6. The number of hydrogen-bond acceptors (Lipinski definition) is 5. The number of halogens is 3. The minimum atomic E-state index is -0.388. The van der Waals surface area contributed by atoms with Gasteiger partial charge in [-0.15, -0.1) is 0 Å². The molecule has 0 radical (unpaired) electrons. The average molecular weight is 601 g/mol. The monoisotopic (exact) mass is 599 g/mol. The van der Waals surface area contributed by atoms with Crippen molar-refractivity contribution in [3.63, 3.8) is 0 Å². The Morgan fingerprint density at radius 1 is 0.927 bits per heavy atom. The maximum absolute atomic E-state index is 14.0. The van der Waals surface area contributed by atoms with Crippen molar-refractivity contribution in [2.75, 3.05) is 44.2 Å². The van der Waals surface area contributed by atoms with Crippen LogP contribution in [0.15, 0.2) is 66.7 Å². The highest BCUT2D eigenvalue weighted by atomic mass is 35.5. The van der Waals surface area contributed by atoms with E-state index >= 15 is 0 Å². The first-order chi connectivity index (χ1) is 19.9. The molecule has 4 N–H and O–H groups in total. The Kier molecular flexibility index (Phi) is 11.8. The maximum atomic E-state index is 14.0. The second-order valence-corrected chi connectivity index (χ2v) is 11.5. The van der Waals surface area contributed by atoms with Crippen LogP contribution >= 0.6 is 23.2 Å². The summed E-state index contributed by atoms with van der Waals surface area (Å²) < 4.78 is 14.0. The van der Waals surface area contributed by atoms with Crippen LogP contribution in [0, 0.1) is 5.82 Å². The molecule has 0 spiro atoms. The van der Waals surface area contributed by atoms with Crippen molar-refractivity contribution in [3.05, 3.63) is 99.3 Å². The van der Waals surface area contributed by atoms with E-state index in [1.165, 1.54) is 17.3 Å². The largest absolute Gasteiger partial charge is 0.368 e. The lowest BCUT2D eigenvalue weighted by Crippen LogP contribution is -2.55. The van der Waals surface area contributed by atoms with Crippen molar-refractivity contribution in [2.45, 2.75) is 44.8 Å². The SMILES string of the molecule is CC(Cc1ccccc1N1CCN(C(=O)[C@@H](Cc2ccc(Cl)cc2Cl)NCCCN)CC1)NCc1ccccc1F. The van der Waals surface area contributed by atoms with Crippen LogP contribution in [-0.2, 0) is 24.2 Å². The number of hydrogen-bond donors (Lipinski definition) is 3. The molecule has 0 aromatic heterocycles. The molecule has 1 unspecified atom stereocenters. The average Bonchev–Trinajstić information content (AvgIpc) is 2.97. The zero-order valence-corrected chi connectivity index (χ0v) is 25.1. The highest BCUT2D eigenvalue weighted by Gasteiger charge is 2.28. The third kappa shape index (κ3) is 8.90. The minimum Gasteiger partial charge on any atom is -0.368 e. The van der Waals surface area contributed by atoms with E-state index in [0.717, 1.165) is 31.5 Å². The zero-order valence-electron chi connectivity index (χ0n) is 23.6. The van der Waals surface area contributed by atoms with Crippen molar-refractivity contribution in [1.29, 1.82) is 0 Å². The molecule has 4 rings (SSSR count). The van der Waals surface area contributed by atoms with Crippen LogP contribution < -0.4 is 21.3 Å². The van der Waals surface area contributed by atoms with Crippen molar-refractivity contribution >= 4 is 34.8 Å². The Labute approximate surface area is 253 Å². The van der Waals surface area contributed by atoms with Crippen LogP contribution in [0.5, 0.6) is 0 Å². The van der Waals surface area contributed by atoms with Crippen LogP contribution in [0.3, 0.4) is 0 Å². The smallest absolute Gasteiger partial charge is 0.240 e. The molecule has 9 heteroatoms. The van der Waals surface area contributed by atoms with E-state index in [2.05, 4.69) is 46.7 Å². The molecule has 1 saturated heterocycles. The number of nitrogens with zero attached hydrogens (tertiary/aromatic N) is 2. The number of nitrogens with two attached hydrogens (primary N) is 1. The van der Waals surface area contributed by atoms with E-state index in [0.29, 0.717) is 54.8 Å². The summed E-state index contributed by atoms with van der Waals surface area (Å²) in [6.07, 6.45) is 2.09. The fraction of sp³-hybridized carbons (Fsp3) is 0.406. The Morgan fingerprint density at radius 3 is 2.34 bits per heavy atom. The number of rotatable bonds is 13. The molecule has 3 aromatic rings. The number of piperazine rings is 1. The topological polar surface area (TPSA) is 73.6 Å². The van der Waals surface area contributed by atoms with Gasteiger partial charge in [-0.2, -0.15) is 0 Å². The van der Waals surface area contributed by atoms with Crippen LogP contribution in [0.1, 0.15) is 30.0 Å². The van der Waals surface area contributed by atoms with Gasteiger partial charge >= 0.3 is 0 Å². The molecule has 0 aliphatic carbocycles. The van der Waals surface area contributed by atoms with Gasteiger partial charge in [-0.3, -0.25) is 4.79 Å². The standard InChI is InChI=1S/C32H40Cl2FN5O/c1-23(38-22-26-8-2-4-9-29(26)35)19-25-7-3-5-10-31(25)39-15-17-40(18-16-39)32(41)30(37-14-6-13-36)20-24-11-12-27(33)21-28(24)34/h2-5,7-12,21,23,30,37-38H,6,13-20,22,36H2,1H3/t23?,30-/m1/s1. The number of amides is 1. The normalized spacial score (nSPS) is 15.1. The van der Waals surface area contributed by atoms with E-state index in [1.54, 1.807) is 18.2 Å². The lowest BCUT2D eigenvalue weighted by atomic mass is 10.0. The number of nitrogens with one attached hydrogen (secondary N) is 2. The van der Waals surface area contributed by atoms with Gasteiger partial charge in [0, 0.05) is 60.1 Å². The predicted octanol–water partition coefficient (Wildman–Crippen LogP) is 5.05. The van der Waals surface area contributed by atoms with Gasteiger partial charge in [0.25, 0.3) is 0 Å². The predicted molar refractivity (Wildman–Crippen MR) is 167 cm³/mol. The first-order valence-corrected chi connectivity index (χ1v) is 15.1. The summed E-state index contributed by atoms with van der Waals surface area (Å²) in [5.74, 6) is -0.111. The minimum absolute atomic E-state index is 0.0759. The van der Waals surface area contributed by atoms with Gasteiger partial charge in [-0.1, -0.05) is 65.7 Å². The first-order valence-electron chi connectivity index (χ1n) is 14.3. The van der Waals surface area contributed by atoms with Crippen LogP contribution in [-0.4, -0.2) is 62.2 Å². The molecule has 0 bridgehead atoms. The molecule has 1 aliphatic rings. The molecule has 2 atom stereocenters. The summed E-state index contributed by atoms with van der Waals surface area (Å²) in [6.45, 7) is 6.60. The van der Waals surface area contributed by atoms with Crippen molar-refractivity contribution < 1.29 is 9.18 Å². The molecule has 1 heterocycles. The molecule has 41 heavy (non-hydrogen) atoms. The van der Waals surface area contributed by atoms with Gasteiger partial charge in [-0.05, 0) is 74.7 Å². The third-order valence-electron chi connectivity index (χ3n) is 7.56. The quantitative estimate of drug-likeness (QED) is 0.240. The molecule has 1 aliphatic heterocycles. The Bertz CT molecular complexity index is 1280. The summed E-state index contributed by atoms with van der Waals surface area (Å²) in [5.41, 5.74) is 9.67. The van der Waals surface area contributed by atoms with Gasteiger partial charge in [-0.25, -0.2) is 4.39 Å². The van der Waals surface area contributed by atoms with Crippen molar-refractivity contribution in [2.24, 2.45) is 5.73 Å². The van der Waals surface area contributed by atoms with Crippen molar-refractivity contribution in [1.82, 2.24) is 15.5 Å². The van der Waals surface area contributed by atoms with Gasteiger partial charge in [0.2, 0.25) is 5.91 Å². The van der Waals surface area contributed by atoms with E-state index in [4.69, 9.17) is 28.9 Å². The Hall–Kier alpha value is -2.68. The first kappa shape index (κ1) is 31.3. The molecule has 1 fully saturated rings. The van der Waals surface area contributed by atoms with Gasteiger partial charge in [0.1, 0.15) is 5.82 Å². The van der Waals surface area contributed by atoms with Crippen LogP contribution in [0.25, 0.3) is 0 Å². The van der Waals surface area contributed by atoms with Gasteiger partial charge < -0.3 is 26.2 Å². The van der Waals surface area contributed by atoms with Gasteiger partial charge in [0.05, 0.1) is 6.04 Å². The van der Waals surface area contributed by atoms with Crippen LogP contribution in [0.2, 0.25) is 10.0 Å². The Balaban J connectivity index is 1.36. The molecular weight excluding hydrogens is 560 g/mol. The third-order valence-corrected chi connectivity index (χ3v) is 8.14. The second kappa shape index (κ2) is 15.5. The summed E-state index contributed by atoms with van der Waals surface area (Å²) >= 11 is 12.5. The zero-order chi connectivity index (χ0) is 29.2. The summed E-state index contributed by atoms with van der Waals surface area (Å²) in [6, 6.07) is 20.5. The fourth-order valence-electron chi connectivity index (χ4n) is 5.24. The molecule has 0 saturated carbocycles. The van der Waals surface area contributed by atoms with E-state index in [1.807, 2.05) is 23.1 Å².